The largest absolute Gasteiger partial charge is 0.469 e. The molecule has 0 amide bonds. The fourth-order valence-corrected chi connectivity index (χ4v) is 3.42. The minimum atomic E-state index is 0.814. The predicted octanol–water partition coefficient (Wildman–Crippen LogP) is 2.19. The third-order valence-electron chi connectivity index (χ3n) is 4.99. The van der Waals surface area contributed by atoms with Crippen molar-refractivity contribution in [2.45, 2.75) is 19.9 Å². The standard InChI is InChI=1S/C22H33N5O/c1-2-23-22(24-11-10-21-9-6-18-28-21)25-12-13-26-14-16-27(17-15-26)19-20-7-4-3-5-8-20/h3-9,18H,2,10-17,19H2,1H3,(H2,23,24,25). The summed E-state index contributed by atoms with van der Waals surface area (Å²) in [7, 11) is 0. The van der Waals surface area contributed by atoms with E-state index in [2.05, 4.69) is 57.7 Å². The van der Waals surface area contributed by atoms with Gasteiger partial charge in [0.1, 0.15) is 5.76 Å². The molecule has 152 valence electrons. The van der Waals surface area contributed by atoms with Gasteiger partial charge in [-0.3, -0.25) is 14.8 Å². The van der Waals surface area contributed by atoms with Gasteiger partial charge in [0.05, 0.1) is 12.8 Å². The van der Waals surface area contributed by atoms with E-state index in [9.17, 15) is 0 Å². The minimum Gasteiger partial charge on any atom is -0.469 e. The van der Waals surface area contributed by atoms with Gasteiger partial charge in [0.25, 0.3) is 0 Å². The van der Waals surface area contributed by atoms with Crippen LogP contribution in [-0.4, -0.2) is 68.1 Å². The van der Waals surface area contributed by atoms with Crippen LogP contribution in [0, 0.1) is 0 Å². The van der Waals surface area contributed by atoms with Crippen LogP contribution >= 0.6 is 0 Å². The van der Waals surface area contributed by atoms with Crippen molar-refractivity contribution in [1.29, 1.82) is 0 Å². The van der Waals surface area contributed by atoms with Gasteiger partial charge < -0.3 is 15.1 Å². The Balaban J connectivity index is 1.34. The Morgan fingerprint density at radius 3 is 2.50 bits per heavy atom. The monoisotopic (exact) mass is 383 g/mol. The van der Waals surface area contributed by atoms with Crippen LogP contribution < -0.4 is 10.6 Å². The van der Waals surface area contributed by atoms with Gasteiger partial charge in [0.2, 0.25) is 0 Å². The van der Waals surface area contributed by atoms with Gasteiger partial charge in [-0.15, -0.1) is 0 Å². The number of hydrogen-bond acceptors (Lipinski definition) is 4. The van der Waals surface area contributed by atoms with E-state index in [0.29, 0.717) is 0 Å². The molecular weight excluding hydrogens is 350 g/mol. The molecule has 1 aromatic heterocycles. The van der Waals surface area contributed by atoms with Gasteiger partial charge in [-0.05, 0) is 24.6 Å². The molecule has 1 aliphatic heterocycles. The molecule has 3 rings (SSSR count). The zero-order valence-corrected chi connectivity index (χ0v) is 16.9. The first-order valence-electron chi connectivity index (χ1n) is 10.4. The molecule has 2 aromatic rings. The number of furan rings is 1. The van der Waals surface area contributed by atoms with Crippen LogP contribution in [0.4, 0.5) is 0 Å². The van der Waals surface area contributed by atoms with Crippen molar-refractivity contribution < 1.29 is 4.42 Å². The molecule has 2 heterocycles. The number of guanidine groups is 1. The number of nitrogens with zero attached hydrogens (tertiary/aromatic N) is 3. The summed E-state index contributed by atoms with van der Waals surface area (Å²) in [6, 6.07) is 14.7. The van der Waals surface area contributed by atoms with Crippen LogP contribution in [0.15, 0.2) is 58.1 Å². The molecule has 0 bridgehead atoms. The molecule has 6 heteroatoms. The number of piperazine rings is 1. The Morgan fingerprint density at radius 1 is 1.00 bits per heavy atom. The predicted molar refractivity (Wildman–Crippen MR) is 115 cm³/mol. The lowest BCUT2D eigenvalue weighted by Crippen LogP contribution is -2.46. The summed E-state index contributed by atoms with van der Waals surface area (Å²) in [6.45, 7) is 11.1. The van der Waals surface area contributed by atoms with Crippen LogP contribution in [0.3, 0.4) is 0 Å². The molecule has 0 aliphatic carbocycles. The number of nitrogens with one attached hydrogen (secondary N) is 2. The summed E-state index contributed by atoms with van der Waals surface area (Å²) < 4.78 is 5.37. The van der Waals surface area contributed by atoms with E-state index >= 15 is 0 Å². The molecule has 28 heavy (non-hydrogen) atoms. The highest BCUT2D eigenvalue weighted by Gasteiger charge is 2.16. The fraction of sp³-hybridized carbons (Fsp3) is 0.500. The lowest BCUT2D eigenvalue weighted by Gasteiger charge is -2.34. The first kappa shape index (κ1) is 20.4. The van der Waals surface area contributed by atoms with Crippen LogP contribution in [-0.2, 0) is 13.0 Å². The Labute approximate surface area is 168 Å². The lowest BCUT2D eigenvalue weighted by atomic mass is 10.2. The van der Waals surface area contributed by atoms with E-state index in [0.717, 1.165) is 77.0 Å². The number of benzene rings is 1. The number of aliphatic imine (C=N–C) groups is 1. The Kier molecular flexibility index (Phi) is 8.40. The smallest absolute Gasteiger partial charge is 0.191 e. The van der Waals surface area contributed by atoms with Crippen LogP contribution in [0.25, 0.3) is 0 Å². The molecule has 2 N–H and O–H groups in total. The molecule has 1 fully saturated rings. The van der Waals surface area contributed by atoms with E-state index in [1.54, 1.807) is 6.26 Å². The summed E-state index contributed by atoms with van der Waals surface area (Å²) in [5, 5.41) is 6.70. The van der Waals surface area contributed by atoms with Gasteiger partial charge in [-0.2, -0.15) is 0 Å². The van der Waals surface area contributed by atoms with Gasteiger partial charge in [-0.25, -0.2) is 0 Å². The Morgan fingerprint density at radius 2 is 1.79 bits per heavy atom. The minimum absolute atomic E-state index is 0.814. The van der Waals surface area contributed by atoms with Gasteiger partial charge in [0, 0.05) is 58.8 Å². The van der Waals surface area contributed by atoms with Crippen molar-refractivity contribution >= 4 is 5.96 Å². The average Bonchev–Trinajstić information content (AvgIpc) is 3.24. The van der Waals surface area contributed by atoms with Crippen molar-refractivity contribution in [3.05, 3.63) is 60.1 Å². The zero-order valence-electron chi connectivity index (χ0n) is 16.9. The van der Waals surface area contributed by atoms with Crippen molar-refractivity contribution in [3.8, 4) is 0 Å². The quantitative estimate of drug-likeness (QED) is 0.514. The van der Waals surface area contributed by atoms with Crippen molar-refractivity contribution in [1.82, 2.24) is 20.4 Å². The second-order valence-corrected chi connectivity index (χ2v) is 7.12. The highest BCUT2D eigenvalue weighted by Crippen LogP contribution is 2.08. The van der Waals surface area contributed by atoms with Gasteiger partial charge >= 0.3 is 0 Å². The summed E-state index contributed by atoms with van der Waals surface area (Å²) >= 11 is 0. The summed E-state index contributed by atoms with van der Waals surface area (Å²) in [6.07, 6.45) is 2.58. The first-order chi connectivity index (χ1) is 13.8. The number of rotatable bonds is 9. The van der Waals surface area contributed by atoms with Crippen molar-refractivity contribution in [3.63, 3.8) is 0 Å². The van der Waals surface area contributed by atoms with Gasteiger partial charge in [-0.1, -0.05) is 30.3 Å². The van der Waals surface area contributed by atoms with Crippen molar-refractivity contribution in [2.75, 3.05) is 52.4 Å². The molecule has 0 radical (unpaired) electrons. The molecule has 0 spiro atoms. The third kappa shape index (κ3) is 7.02. The second kappa shape index (κ2) is 11.5. The maximum Gasteiger partial charge on any atom is 0.191 e. The lowest BCUT2D eigenvalue weighted by molar-refractivity contribution is 0.130. The highest BCUT2D eigenvalue weighted by molar-refractivity contribution is 5.79. The first-order valence-corrected chi connectivity index (χ1v) is 10.4. The topological polar surface area (TPSA) is 56.0 Å². The highest BCUT2D eigenvalue weighted by atomic mass is 16.3. The summed E-state index contributed by atoms with van der Waals surface area (Å²) in [4.78, 5) is 9.77. The summed E-state index contributed by atoms with van der Waals surface area (Å²) in [5.41, 5.74) is 1.40. The second-order valence-electron chi connectivity index (χ2n) is 7.12. The fourth-order valence-electron chi connectivity index (χ4n) is 3.42. The molecular formula is C22H33N5O. The van der Waals surface area contributed by atoms with Crippen LogP contribution in [0.2, 0.25) is 0 Å². The molecule has 0 saturated carbocycles. The van der Waals surface area contributed by atoms with Crippen molar-refractivity contribution in [2.24, 2.45) is 4.99 Å². The molecule has 1 aromatic carbocycles. The molecule has 0 atom stereocenters. The van der Waals surface area contributed by atoms with E-state index < -0.39 is 0 Å². The summed E-state index contributed by atoms with van der Waals surface area (Å²) in [5.74, 6) is 1.88. The SMILES string of the molecule is CCNC(=NCCN1CCN(Cc2ccccc2)CC1)NCCc1ccco1. The maximum absolute atomic E-state index is 5.37. The molecule has 1 saturated heterocycles. The van der Waals surface area contributed by atoms with E-state index in [1.807, 2.05) is 12.1 Å². The van der Waals surface area contributed by atoms with Crippen LogP contribution in [0.1, 0.15) is 18.2 Å². The Bertz CT molecular complexity index is 678. The van der Waals surface area contributed by atoms with E-state index in [4.69, 9.17) is 9.41 Å². The normalized spacial score (nSPS) is 16.2. The maximum atomic E-state index is 5.37. The van der Waals surface area contributed by atoms with Crippen LogP contribution in [0.5, 0.6) is 0 Å². The number of hydrogen-bond donors (Lipinski definition) is 2. The van der Waals surface area contributed by atoms with Gasteiger partial charge in [0.15, 0.2) is 5.96 Å². The third-order valence-corrected chi connectivity index (χ3v) is 4.99. The van der Waals surface area contributed by atoms with E-state index in [1.165, 1.54) is 5.56 Å². The molecule has 6 nitrogen and oxygen atoms in total. The molecule has 0 unspecified atom stereocenters. The molecule has 1 aliphatic rings. The van der Waals surface area contributed by atoms with E-state index in [-0.39, 0.29) is 0 Å². The Hall–Kier alpha value is -2.31. The average molecular weight is 384 g/mol. The zero-order chi connectivity index (χ0) is 19.4.